The molecule has 0 radical (unpaired) electrons. The molecule has 0 rings (SSSR count). The van der Waals surface area contributed by atoms with Crippen LogP contribution in [0.25, 0.3) is 0 Å². The molecule has 0 aromatic rings. The summed E-state index contributed by atoms with van der Waals surface area (Å²) in [4.78, 5) is 69.8. The third kappa shape index (κ3) is 11.8. The molecule has 0 aromatic carbocycles. The number of carboxylic acid groups (broad SMARTS) is 2. The topological polar surface area (TPSA) is 231 Å². The first kappa shape index (κ1) is 28.1. The fraction of sp³-hybridized carbons (Fsp3) is 0.647. The SMILES string of the molecule is CSCCC(NC(=O)C(CCC(N)=O)NC(=O)C(C)NC(=O)C(N)CC(=O)O)C(=O)O. The normalized spacial score (nSPS) is 14.4. The van der Waals surface area contributed by atoms with Gasteiger partial charge in [0.1, 0.15) is 18.1 Å². The molecule has 0 fully saturated rings. The van der Waals surface area contributed by atoms with Crippen LogP contribution in [0.2, 0.25) is 0 Å². The van der Waals surface area contributed by atoms with E-state index in [2.05, 4.69) is 16.0 Å². The van der Waals surface area contributed by atoms with Crippen LogP contribution in [-0.2, 0) is 28.8 Å². The van der Waals surface area contributed by atoms with Crippen LogP contribution in [0.1, 0.15) is 32.6 Å². The summed E-state index contributed by atoms with van der Waals surface area (Å²) in [6.45, 7) is 1.28. The largest absolute Gasteiger partial charge is 0.481 e. The lowest BCUT2D eigenvalue weighted by molar-refractivity contribution is -0.142. The smallest absolute Gasteiger partial charge is 0.326 e. The van der Waals surface area contributed by atoms with Gasteiger partial charge >= 0.3 is 11.9 Å². The zero-order valence-corrected chi connectivity index (χ0v) is 18.1. The summed E-state index contributed by atoms with van der Waals surface area (Å²) in [5, 5.41) is 24.8. The van der Waals surface area contributed by atoms with Gasteiger partial charge in [-0.1, -0.05) is 0 Å². The second-order valence-electron chi connectivity index (χ2n) is 6.68. The Balaban J connectivity index is 5.14. The Morgan fingerprint density at radius 3 is 1.97 bits per heavy atom. The molecule has 4 atom stereocenters. The van der Waals surface area contributed by atoms with E-state index < -0.39 is 66.2 Å². The van der Waals surface area contributed by atoms with Crippen molar-refractivity contribution in [3.8, 4) is 0 Å². The van der Waals surface area contributed by atoms with E-state index in [1.807, 2.05) is 0 Å². The van der Waals surface area contributed by atoms with Crippen LogP contribution in [-0.4, -0.2) is 82.0 Å². The minimum absolute atomic E-state index is 0.145. The number of carbonyl (C=O) groups excluding carboxylic acids is 4. The van der Waals surface area contributed by atoms with E-state index in [9.17, 15) is 33.9 Å². The number of carbonyl (C=O) groups is 6. The average molecular weight is 464 g/mol. The molecule has 0 spiro atoms. The van der Waals surface area contributed by atoms with Gasteiger partial charge in [0.05, 0.1) is 12.5 Å². The standard InChI is InChI=1S/C17H29N5O8S/c1-8(20-15(27)9(18)7-13(24)25)14(26)21-10(3-4-12(19)23)16(28)22-11(17(29)30)5-6-31-2/h8-11H,3-7,18H2,1-2H3,(H2,19,23)(H,20,27)(H,21,26)(H,22,28)(H,24,25)(H,29,30). The van der Waals surface area contributed by atoms with Gasteiger partial charge < -0.3 is 37.6 Å². The highest BCUT2D eigenvalue weighted by Gasteiger charge is 2.29. The van der Waals surface area contributed by atoms with Gasteiger partial charge in [0.2, 0.25) is 23.6 Å². The van der Waals surface area contributed by atoms with Crippen LogP contribution in [0.5, 0.6) is 0 Å². The highest BCUT2D eigenvalue weighted by molar-refractivity contribution is 7.98. The maximum Gasteiger partial charge on any atom is 0.326 e. The molecule has 0 heterocycles. The molecule has 0 aliphatic heterocycles. The molecule has 0 saturated heterocycles. The molecule has 31 heavy (non-hydrogen) atoms. The predicted molar refractivity (Wildman–Crippen MR) is 111 cm³/mol. The molecule has 4 amide bonds. The van der Waals surface area contributed by atoms with Gasteiger partial charge in [-0.05, 0) is 31.8 Å². The van der Waals surface area contributed by atoms with E-state index in [0.717, 1.165) is 0 Å². The molecular formula is C17H29N5O8S. The lowest BCUT2D eigenvalue weighted by Crippen LogP contribution is -2.56. The van der Waals surface area contributed by atoms with Gasteiger partial charge in [0, 0.05) is 6.42 Å². The van der Waals surface area contributed by atoms with Gasteiger partial charge in [0.15, 0.2) is 0 Å². The van der Waals surface area contributed by atoms with E-state index in [4.69, 9.17) is 16.6 Å². The summed E-state index contributed by atoms with van der Waals surface area (Å²) >= 11 is 1.39. The molecule has 176 valence electrons. The molecule has 14 heteroatoms. The fourth-order valence-corrected chi connectivity index (χ4v) is 2.76. The Bertz CT molecular complexity index is 689. The number of hydrogen-bond acceptors (Lipinski definition) is 8. The van der Waals surface area contributed by atoms with Crippen LogP contribution in [0.4, 0.5) is 0 Å². The Morgan fingerprint density at radius 2 is 1.48 bits per heavy atom. The minimum atomic E-state index is -1.38. The maximum atomic E-state index is 12.5. The van der Waals surface area contributed by atoms with Crippen molar-refractivity contribution in [3.05, 3.63) is 0 Å². The molecule has 9 N–H and O–H groups in total. The number of thioether (sulfide) groups is 1. The molecule has 0 aromatic heterocycles. The van der Waals surface area contributed by atoms with Crippen LogP contribution < -0.4 is 27.4 Å². The molecule has 0 aliphatic carbocycles. The number of amides is 4. The second-order valence-corrected chi connectivity index (χ2v) is 7.67. The first-order valence-electron chi connectivity index (χ1n) is 9.27. The highest BCUT2D eigenvalue weighted by Crippen LogP contribution is 2.04. The lowest BCUT2D eigenvalue weighted by Gasteiger charge is -2.23. The van der Waals surface area contributed by atoms with Gasteiger partial charge in [-0.2, -0.15) is 11.8 Å². The summed E-state index contributed by atoms with van der Waals surface area (Å²) in [5.74, 6) is -5.35. The van der Waals surface area contributed by atoms with Gasteiger partial charge in [0.25, 0.3) is 0 Å². The third-order valence-electron chi connectivity index (χ3n) is 4.02. The number of nitrogens with two attached hydrogens (primary N) is 2. The molecule has 0 saturated carbocycles. The third-order valence-corrected chi connectivity index (χ3v) is 4.66. The number of hydrogen-bond donors (Lipinski definition) is 7. The van der Waals surface area contributed by atoms with Crippen molar-refractivity contribution >= 4 is 47.3 Å². The number of nitrogens with one attached hydrogen (secondary N) is 3. The number of carboxylic acids is 2. The summed E-state index contributed by atoms with van der Waals surface area (Å²) in [7, 11) is 0. The Kier molecular flexibility index (Phi) is 12.9. The fourth-order valence-electron chi connectivity index (χ4n) is 2.28. The number of aliphatic carboxylic acids is 2. The van der Waals surface area contributed by atoms with Crippen LogP contribution in [0, 0.1) is 0 Å². The Morgan fingerprint density at radius 1 is 0.903 bits per heavy atom. The van der Waals surface area contributed by atoms with Gasteiger partial charge in [-0.15, -0.1) is 0 Å². The van der Waals surface area contributed by atoms with Crippen molar-refractivity contribution < 1.29 is 39.0 Å². The zero-order chi connectivity index (χ0) is 24.1. The minimum Gasteiger partial charge on any atom is -0.481 e. The maximum absolute atomic E-state index is 12.5. The van der Waals surface area contributed by atoms with Crippen LogP contribution >= 0.6 is 11.8 Å². The van der Waals surface area contributed by atoms with Crippen LogP contribution in [0.3, 0.4) is 0 Å². The van der Waals surface area contributed by atoms with Gasteiger partial charge in [-0.3, -0.25) is 24.0 Å². The van der Waals surface area contributed by atoms with E-state index in [-0.39, 0.29) is 19.3 Å². The Hall–Kier alpha value is -2.87. The molecular weight excluding hydrogens is 434 g/mol. The molecule has 0 aliphatic rings. The summed E-state index contributed by atoms with van der Waals surface area (Å²) in [5.41, 5.74) is 10.5. The predicted octanol–water partition coefficient (Wildman–Crippen LogP) is -2.63. The van der Waals surface area contributed by atoms with Crippen molar-refractivity contribution in [2.45, 2.75) is 56.8 Å². The molecule has 4 unspecified atom stereocenters. The summed E-state index contributed by atoms with van der Waals surface area (Å²) in [6, 6.07) is -5.06. The van der Waals surface area contributed by atoms with E-state index in [0.29, 0.717) is 5.75 Å². The van der Waals surface area contributed by atoms with Crippen molar-refractivity contribution in [3.63, 3.8) is 0 Å². The average Bonchev–Trinajstić information content (AvgIpc) is 2.66. The van der Waals surface area contributed by atoms with Crippen LogP contribution in [0.15, 0.2) is 0 Å². The van der Waals surface area contributed by atoms with Crippen molar-refractivity contribution in [1.82, 2.24) is 16.0 Å². The first-order valence-corrected chi connectivity index (χ1v) is 10.7. The summed E-state index contributed by atoms with van der Waals surface area (Å²) in [6.07, 6.45) is 0.823. The van der Waals surface area contributed by atoms with E-state index in [1.165, 1.54) is 18.7 Å². The van der Waals surface area contributed by atoms with Gasteiger partial charge in [-0.25, -0.2) is 4.79 Å². The second kappa shape index (κ2) is 14.2. The first-order chi connectivity index (χ1) is 14.4. The lowest BCUT2D eigenvalue weighted by atomic mass is 10.1. The number of rotatable bonds is 15. The zero-order valence-electron chi connectivity index (χ0n) is 17.3. The summed E-state index contributed by atoms with van der Waals surface area (Å²) < 4.78 is 0. The quantitative estimate of drug-likeness (QED) is 0.133. The van der Waals surface area contributed by atoms with E-state index in [1.54, 1.807) is 6.26 Å². The van der Waals surface area contributed by atoms with Crippen molar-refractivity contribution in [1.29, 1.82) is 0 Å². The van der Waals surface area contributed by atoms with E-state index >= 15 is 0 Å². The molecule has 13 nitrogen and oxygen atoms in total. The molecule has 0 bridgehead atoms. The van der Waals surface area contributed by atoms with Crippen molar-refractivity contribution in [2.75, 3.05) is 12.0 Å². The monoisotopic (exact) mass is 463 g/mol. The Labute approximate surface area is 183 Å². The highest BCUT2D eigenvalue weighted by atomic mass is 32.2. The number of primary amides is 1. The van der Waals surface area contributed by atoms with Crippen molar-refractivity contribution in [2.24, 2.45) is 11.5 Å².